The molecule has 4 heteroatoms. The van der Waals surface area contributed by atoms with Crippen molar-refractivity contribution >= 4 is 11.6 Å². The highest BCUT2D eigenvalue weighted by Crippen LogP contribution is 2.27. The van der Waals surface area contributed by atoms with Gasteiger partial charge in [-0.2, -0.15) is 0 Å². The molecule has 1 N–H and O–H groups in total. The van der Waals surface area contributed by atoms with Crippen LogP contribution in [-0.4, -0.2) is 29.6 Å². The van der Waals surface area contributed by atoms with Gasteiger partial charge in [0.1, 0.15) is 17.5 Å². The van der Waals surface area contributed by atoms with Crippen molar-refractivity contribution in [3.05, 3.63) is 11.4 Å². The summed E-state index contributed by atoms with van der Waals surface area (Å²) in [7, 11) is 0. The van der Waals surface area contributed by atoms with E-state index in [1.807, 2.05) is 6.92 Å². The first kappa shape index (κ1) is 14.1. The fraction of sp³-hybridized carbons (Fsp3) is 0.733. The number of anilines is 2. The predicted octanol–water partition coefficient (Wildman–Crippen LogP) is 3.15. The Morgan fingerprint density at radius 1 is 1.21 bits per heavy atom. The van der Waals surface area contributed by atoms with Crippen molar-refractivity contribution in [3.8, 4) is 0 Å². The van der Waals surface area contributed by atoms with E-state index in [-0.39, 0.29) is 0 Å². The second kappa shape index (κ2) is 6.22. The van der Waals surface area contributed by atoms with Gasteiger partial charge in [-0.3, -0.25) is 0 Å². The summed E-state index contributed by atoms with van der Waals surface area (Å²) in [4.78, 5) is 11.6. The van der Waals surface area contributed by atoms with E-state index in [0.29, 0.717) is 0 Å². The summed E-state index contributed by atoms with van der Waals surface area (Å²) < 4.78 is 0. The van der Waals surface area contributed by atoms with Gasteiger partial charge in [0.05, 0.1) is 0 Å². The maximum atomic E-state index is 4.66. The molecule has 1 fully saturated rings. The quantitative estimate of drug-likeness (QED) is 0.905. The second-order valence-electron chi connectivity index (χ2n) is 5.66. The second-order valence-corrected chi connectivity index (χ2v) is 5.66. The number of nitrogens with one attached hydrogen (secondary N) is 1. The lowest BCUT2D eigenvalue weighted by Gasteiger charge is -2.32. The Kier molecular flexibility index (Phi) is 4.61. The van der Waals surface area contributed by atoms with E-state index in [1.54, 1.807) is 0 Å². The lowest BCUT2D eigenvalue weighted by molar-refractivity contribution is 0.436. The van der Waals surface area contributed by atoms with E-state index in [2.05, 4.69) is 41.0 Å². The van der Waals surface area contributed by atoms with Crippen LogP contribution >= 0.6 is 0 Å². The predicted molar refractivity (Wildman–Crippen MR) is 80.9 cm³/mol. The number of aromatic nitrogens is 2. The molecular weight excluding hydrogens is 236 g/mol. The van der Waals surface area contributed by atoms with Gasteiger partial charge >= 0.3 is 0 Å². The fourth-order valence-corrected chi connectivity index (χ4v) is 2.56. The van der Waals surface area contributed by atoms with Crippen molar-refractivity contribution in [1.82, 2.24) is 9.97 Å². The Morgan fingerprint density at radius 2 is 1.89 bits per heavy atom. The zero-order valence-electron chi connectivity index (χ0n) is 12.7. The maximum absolute atomic E-state index is 4.66. The smallest absolute Gasteiger partial charge is 0.137 e. The molecule has 1 aliphatic heterocycles. The zero-order chi connectivity index (χ0) is 13.8. The molecule has 2 rings (SSSR count). The number of hydrogen-bond acceptors (Lipinski definition) is 4. The summed E-state index contributed by atoms with van der Waals surface area (Å²) in [6, 6.07) is 0. The minimum atomic E-state index is 0.845. The van der Waals surface area contributed by atoms with Gasteiger partial charge in [0.25, 0.3) is 0 Å². The highest BCUT2D eigenvalue weighted by atomic mass is 15.2. The van der Waals surface area contributed by atoms with Gasteiger partial charge in [-0.05, 0) is 39.0 Å². The van der Waals surface area contributed by atoms with Crippen LogP contribution in [0.1, 0.15) is 44.5 Å². The summed E-state index contributed by atoms with van der Waals surface area (Å²) in [6.07, 6.45) is 3.64. The van der Waals surface area contributed by atoms with E-state index in [1.165, 1.54) is 18.4 Å². The molecule has 0 atom stereocenters. The minimum Gasteiger partial charge on any atom is -0.370 e. The number of aryl methyl sites for hydroxylation is 1. The first-order valence-corrected chi connectivity index (χ1v) is 7.45. The molecule has 1 saturated heterocycles. The van der Waals surface area contributed by atoms with Gasteiger partial charge in [-0.1, -0.05) is 13.8 Å². The number of hydrogen-bond donors (Lipinski definition) is 1. The third-order valence-electron chi connectivity index (χ3n) is 3.86. The normalized spacial score (nSPS) is 16.7. The van der Waals surface area contributed by atoms with Crippen LogP contribution in [-0.2, 0) is 0 Å². The van der Waals surface area contributed by atoms with Crippen LogP contribution in [0.25, 0.3) is 0 Å². The summed E-state index contributed by atoms with van der Waals surface area (Å²) >= 11 is 0. The van der Waals surface area contributed by atoms with E-state index in [0.717, 1.165) is 49.4 Å². The molecular formula is C15H26N4. The summed E-state index contributed by atoms with van der Waals surface area (Å²) in [5, 5.41) is 3.41. The molecule has 1 aromatic heterocycles. The Balaban J connectivity index is 2.21. The highest BCUT2D eigenvalue weighted by Gasteiger charge is 2.20. The lowest BCUT2D eigenvalue weighted by Crippen LogP contribution is -2.34. The summed E-state index contributed by atoms with van der Waals surface area (Å²) in [6.45, 7) is 11.8. The Hall–Kier alpha value is -1.32. The van der Waals surface area contributed by atoms with Crippen LogP contribution in [0, 0.1) is 19.8 Å². The molecule has 2 heterocycles. The van der Waals surface area contributed by atoms with Crippen molar-refractivity contribution < 1.29 is 0 Å². The molecule has 0 aromatic carbocycles. The van der Waals surface area contributed by atoms with Crippen molar-refractivity contribution in [3.63, 3.8) is 0 Å². The SMILES string of the molecule is CCCNc1nc(C)nc(N2CCC(C)CC2)c1C. The minimum absolute atomic E-state index is 0.845. The average molecular weight is 262 g/mol. The molecule has 0 saturated carbocycles. The molecule has 0 aliphatic carbocycles. The molecule has 1 aromatic rings. The van der Waals surface area contributed by atoms with Gasteiger partial charge in [0, 0.05) is 25.2 Å². The molecule has 106 valence electrons. The van der Waals surface area contributed by atoms with Crippen LogP contribution in [0.4, 0.5) is 11.6 Å². The monoisotopic (exact) mass is 262 g/mol. The lowest BCUT2D eigenvalue weighted by atomic mass is 9.99. The van der Waals surface area contributed by atoms with Crippen LogP contribution < -0.4 is 10.2 Å². The maximum Gasteiger partial charge on any atom is 0.137 e. The molecule has 0 spiro atoms. The van der Waals surface area contributed by atoms with E-state index in [4.69, 9.17) is 0 Å². The molecule has 0 amide bonds. The highest BCUT2D eigenvalue weighted by molar-refractivity contribution is 5.58. The third-order valence-corrected chi connectivity index (χ3v) is 3.86. The topological polar surface area (TPSA) is 41.1 Å². The van der Waals surface area contributed by atoms with Gasteiger partial charge in [0.15, 0.2) is 0 Å². The standard InChI is InChI=1S/C15H26N4/c1-5-8-16-14-12(3)15(18-13(4)17-14)19-9-6-11(2)7-10-19/h11H,5-10H2,1-4H3,(H,16,17,18). The zero-order valence-corrected chi connectivity index (χ0v) is 12.7. The van der Waals surface area contributed by atoms with Crippen molar-refractivity contribution in [2.45, 2.75) is 47.0 Å². The fourth-order valence-electron chi connectivity index (χ4n) is 2.56. The third kappa shape index (κ3) is 3.37. The van der Waals surface area contributed by atoms with Gasteiger partial charge in [-0.25, -0.2) is 9.97 Å². The first-order valence-electron chi connectivity index (χ1n) is 7.45. The van der Waals surface area contributed by atoms with Crippen LogP contribution in [0.3, 0.4) is 0 Å². The van der Waals surface area contributed by atoms with E-state index >= 15 is 0 Å². The largest absolute Gasteiger partial charge is 0.370 e. The summed E-state index contributed by atoms with van der Waals surface area (Å²) in [5.41, 5.74) is 1.19. The van der Waals surface area contributed by atoms with Crippen LogP contribution in [0.15, 0.2) is 0 Å². The Labute approximate surface area is 116 Å². The molecule has 4 nitrogen and oxygen atoms in total. The van der Waals surface area contributed by atoms with E-state index < -0.39 is 0 Å². The molecule has 0 unspecified atom stereocenters. The molecule has 0 radical (unpaired) electrons. The number of rotatable bonds is 4. The van der Waals surface area contributed by atoms with Crippen LogP contribution in [0.2, 0.25) is 0 Å². The number of nitrogens with zero attached hydrogens (tertiary/aromatic N) is 3. The van der Waals surface area contributed by atoms with Crippen molar-refractivity contribution in [1.29, 1.82) is 0 Å². The van der Waals surface area contributed by atoms with Crippen molar-refractivity contribution in [2.24, 2.45) is 5.92 Å². The van der Waals surface area contributed by atoms with Crippen molar-refractivity contribution in [2.75, 3.05) is 29.9 Å². The molecule has 0 bridgehead atoms. The summed E-state index contributed by atoms with van der Waals surface area (Å²) in [5.74, 6) is 3.83. The molecule has 1 aliphatic rings. The van der Waals surface area contributed by atoms with Gasteiger partial charge in [-0.15, -0.1) is 0 Å². The van der Waals surface area contributed by atoms with Gasteiger partial charge < -0.3 is 10.2 Å². The van der Waals surface area contributed by atoms with Crippen LogP contribution in [0.5, 0.6) is 0 Å². The average Bonchev–Trinajstić information content (AvgIpc) is 2.40. The first-order chi connectivity index (χ1) is 9.11. The Morgan fingerprint density at radius 3 is 2.53 bits per heavy atom. The number of piperidine rings is 1. The van der Waals surface area contributed by atoms with Gasteiger partial charge in [0.2, 0.25) is 0 Å². The molecule has 19 heavy (non-hydrogen) atoms. The van der Waals surface area contributed by atoms with E-state index in [9.17, 15) is 0 Å². The Bertz CT molecular complexity index is 422.